The van der Waals surface area contributed by atoms with Crippen molar-refractivity contribution in [2.45, 2.75) is 13.0 Å². The molecule has 0 saturated carbocycles. The average Bonchev–Trinajstić information content (AvgIpc) is 2.49. The molecule has 0 aliphatic heterocycles. The molecule has 2 nitrogen and oxygen atoms in total. The normalized spacial score (nSPS) is 12.3. The monoisotopic (exact) mass is 295 g/mol. The zero-order valence-electron chi connectivity index (χ0n) is 12.0. The van der Waals surface area contributed by atoms with Crippen LogP contribution in [0.1, 0.15) is 22.7 Å². The Hall–Kier alpha value is -2.01. The fourth-order valence-corrected chi connectivity index (χ4v) is 2.31. The first-order valence-electron chi connectivity index (χ1n) is 6.45. The van der Waals surface area contributed by atoms with Crippen LogP contribution in [0, 0.1) is 24.4 Å². The summed E-state index contributed by atoms with van der Waals surface area (Å²) in [5.74, 6) is -2.19. The maximum Gasteiger partial charge on any atom is 0.164 e. The van der Waals surface area contributed by atoms with Crippen LogP contribution < -0.4 is 10.1 Å². The number of halogens is 3. The Morgan fingerprint density at radius 1 is 1.05 bits per heavy atom. The molecule has 0 aromatic heterocycles. The lowest BCUT2D eigenvalue weighted by molar-refractivity contribution is 0.396. The van der Waals surface area contributed by atoms with Crippen molar-refractivity contribution in [3.63, 3.8) is 0 Å². The molecule has 112 valence electrons. The van der Waals surface area contributed by atoms with Crippen molar-refractivity contribution in [1.82, 2.24) is 5.32 Å². The van der Waals surface area contributed by atoms with Gasteiger partial charge in [-0.15, -0.1) is 0 Å². The van der Waals surface area contributed by atoms with Crippen molar-refractivity contribution in [3.8, 4) is 5.75 Å². The first kappa shape index (κ1) is 15.4. The molecule has 0 fully saturated rings. The lowest BCUT2D eigenvalue weighted by Crippen LogP contribution is -2.21. The number of ether oxygens (including phenoxy) is 1. The molecular formula is C16H16F3NO. The highest BCUT2D eigenvalue weighted by Gasteiger charge is 2.25. The number of aryl methyl sites for hydroxylation is 1. The van der Waals surface area contributed by atoms with Crippen LogP contribution in [0.15, 0.2) is 30.3 Å². The first-order chi connectivity index (χ1) is 10.0. The van der Waals surface area contributed by atoms with E-state index in [2.05, 4.69) is 5.32 Å². The standard InChI is InChI=1S/C16H16F3NO/c1-9-7-8-10(15(19)14(9)18)16(20-2)13-11(17)5-4-6-12(13)21-3/h4-8,16,20H,1-3H3. The smallest absolute Gasteiger partial charge is 0.164 e. The van der Waals surface area contributed by atoms with Crippen LogP contribution in [0.4, 0.5) is 13.2 Å². The summed E-state index contributed by atoms with van der Waals surface area (Å²) in [6, 6.07) is 6.38. The van der Waals surface area contributed by atoms with Gasteiger partial charge in [0.15, 0.2) is 11.6 Å². The van der Waals surface area contributed by atoms with Crippen LogP contribution in [0.2, 0.25) is 0 Å². The van der Waals surface area contributed by atoms with Gasteiger partial charge < -0.3 is 10.1 Å². The number of methoxy groups -OCH3 is 1. The van der Waals surface area contributed by atoms with Crippen LogP contribution in [0.3, 0.4) is 0 Å². The summed E-state index contributed by atoms with van der Waals surface area (Å²) >= 11 is 0. The second kappa shape index (κ2) is 6.18. The predicted molar refractivity (Wildman–Crippen MR) is 74.9 cm³/mol. The van der Waals surface area contributed by atoms with E-state index in [-0.39, 0.29) is 22.4 Å². The van der Waals surface area contributed by atoms with Crippen molar-refractivity contribution in [3.05, 3.63) is 64.5 Å². The average molecular weight is 295 g/mol. The van der Waals surface area contributed by atoms with E-state index in [1.807, 2.05) is 0 Å². The van der Waals surface area contributed by atoms with E-state index in [0.717, 1.165) is 0 Å². The van der Waals surface area contributed by atoms with E-state index in [9.17, 15) is 13.2 Å². The third kappa shape index (κ3) is 2.74. The summed E-state index contributed by atoms with van der Waals surface area (Å²) in [5.41, 5.74) is 0.375. The summed E-state index contributed by atoms with van der Waals surface area (Å²) in [6.45, 7) is 1.47. The quantitative estimate of drug-likeness (QED) is 0.928. The largest absolute Gasteiger partial charge is 0.496 e. The minimum atomic E-state index is -0.986. The second-order valence-electron chi connectivity index (χ2n) is 4.68. The maximum absolute atomic E-state index is 14.2. The van der Waals surface area contributed by atoms with Gasteiger partial charge >= 0.3 is 0 Å². The van der Waals surface area contributed by atoms with E-state index in [4.69, 9.17) is 4.74 Å². The molecule has 0 amide bonds. The van der Waals surface area contributed by atoms with Crippen molar-refractivity contribution in [2.24, 2.45) is 0 Å². The van der Waals surface area contributed by atoms with E-state index < -0.39 is 23.5 Å². The number of nitrogens with one attached hydrogen (secondary N) is 1. The molecule has 2 aromatic carbocycles. The highest BCUT2D eigenvalue weighted by molar-refractivity contribution is 5.43. The first-order valence-corrected chi connectivity index (χ1v) is 6.45. The van der Waals surface area contributed by atoms with Crippen molar-refractivity contribution in [1.29, 1.82) is 0 Å². The van der Waals surface area contributed by atoms with Gasteiger partial charge in [-0.25, -0.2) is 13.2 Å². The summed E-state index contributed by atoms with van der Waals surface area (Å²) < 4.78 is 47.2. The van der Waals surface area contributed by atoms with Crippen LogP contribution in [-0.4, -0.2) is 14.2 Å². The van der Waals surface area contributed by atoms with Gasteiger partial charge in [-0.2, -0.15) is 0 Å². The molecule has 1 N–H and O–H groups in total. The van der Waals surface area contributed by atoms with Gasteiger partial charge in [0.05, 0.1) is 18.7 Å². The highest BCUT2D eigenvalue weighted by Crippen LogP contribution is 2.34. The van der Waals surface area contributed by atoms with E-state index in [1.54, 1.807) is 13.1 Å². The molecule has 1 atom stereocenters. The SMILES string of the molecule is CNC(c1ccc(C)c(F)c1F)c1c(F)cccc1OC. The summed E-state index contributed by atoms with van der Waals surface area (Å²) in [7, 11) is 2.95. The molecule has 5 heteroatoms. The third-order valence-corrected chi connectivity index (χ3v) is 3.43. The Morgan fingerprint density at radius 3 is 2.38 bits per heavy atom. The van der Waals surface area contributed by atoms with Crippen LogP contribution in [0.25, 0.3) is 0 Å². The minimum absolute atomic E-state index is 0.0315. The Balaban J connectivity index is 2.63. The molecule has 1 unspecified atom stereocenters. The second-order valence-corrected chi connectivity index (χ2v) is 4.68. The molecule has 0 aliphatic carbocycles. The van der Waals surface area contributed by atoms with Gasteiger partial charge in [0.1, 0.15) is 11.6 Å². The third-order valence-electron chi connectivity index (χ3n) is 3.43. The summed E-state index contributed by atoms with van der Waals surface area (Å²) in [4.78, 5) is 0. The molecule has 0 saturated heterocycles. The highest BCUT2D eigenvalue weighted by atomic mass is 19.2. The lowest BCUT2D eigenvalue weighted by Gasteiger charge is -2.21. The van der Waals surface area contributed by atoms with Gasteiger partial charge in [-0.05, 0) is 31.7 Å². The zero-order valence-corrected chi connectivity index (χ0v) is 12.0. The molecule has 0 bridgehead atoms. The Morgan fingerprint density at radius 2 is 1.76 bits per heavy atom. The van der Waals surface area contributed by atoms with Crippen molar-refractivity contribution < 1.29 is 17.9 Å². The molecular weight excluding hydrogens is 279 g/mol. The Labute approximate surface area is 121 Å². The fraction of sp³-hybridized carbons (Fsp3) is 0.250. The topological polar surface area (TPSA) is 21.3 Å². The maximum atomic E-state index is 14.2. The van der Waals surface area contributed by atoms with E-state index in [0.29, 0.717) is 0 Å². The van der Waals surface area contributed by atoms with Crippen molar-refractivity contribution in [2.75, 3.05) is 14.2 Å². The van der Waals surface area contributed by atoms with Crippen LogP contribution >= 0.6 is 0 Å². The minimum Gasteiger partial charge on any atom is -0.496 e. The molecule has 0 radical (unpaired) electrons. The number of hydrogen-bond acceptors (Lipinski definition) is 2. The lowest BCUT2D eigenvalue weighted by atomic mass is 9.95. The van der Waals surface area contributed by atoms with Gasteiger partial charge in [-0.3, -0.25) is 0 Å². The van der Waals surface area contributed by atoms with Crippen LogP contribution in [0.5, 0.6) is 5.75 Å². The molecule has 21 heavy (non-hydrogen) atoms. The summed E-state index contributed by atoms with van der Waals surface area (Å²) in [5, 5.41) is 2.81. The molecule has 0 aliphatic rings. The summed E-state index contributed by atoms with van der Waals surface area (Å²) in [6.07, 6.45) is 0. The molecule has 2 aromatic rings. The van der Waals surface area contributed by atoms with Gasteiger partial charge in [0.2, 0.25) is 0 Å². The number of hydrogen-bond donors (Lipinski definition) is 1. The Kier molecular flexibility index (Phi) is 4.53. The molecule has 0 spiro atoms. The Bertz CT molecular complexity index is 658. The van der Waals surface area contributed by atoms with E-state index in [1.165, 1.54) is 38.3 Å². The number of rotatable bonds is 4. The van der Waals surface area contributed by atoms with E-state index >= 15 is 0 Å². The van der Waals surface area contributed by atoms with Crippen molar-refractivity contribution >= 4 is 0 Å². The van der Waals surface area contributed by atoms with Gasteiger partial charge in [0, 0.05) is 5.56 Å². The molecule has 2 rings (SSSR count). The van der Waals surface area contributed by atoms with Gasteiger partial charge in [-0.1, -0.05) is 18.2 Å². The molecule has 0 heterocycles. The van der Waals surface area contributed by atoms with Crippen LogP contribution in [-0.2, 0) is 0 Å². The predicted octanol–water partition coefficient (Wildman–Crippen LogP) is 3.73. The van der Waals surface area contributed by atoms with Gasteiger partial charge in [0.25, 0.3) is 0 Å². The fourth-order valence-electron chi connectivity index (χ4n) is 2.31. The zero-order chi connectivity index (χ0) is 15.6. The number of benzene rings is 2.